The molecular weight excluding hydrogens is 318 g/mol. The standard InChI is InChI=1S/C11H8BrN3O4/c1-18-9-4-7(15(16)17)2-3-8(9)19-11-5-10(12)13-6-14-11/h2-6H,1H3. The Hall–Kier alpha value is -2.22. The van der Waals surface area contributed by atoms with E-state index < -0.39 is 4.92 Å². The van der Waals surface area contributed by atoms with E-state index in [-0.39, 0.29) is 11.4 Å². The number of hydrogen-bond donors (Lipinski definition) is 0. The molecule has 19 heavy (non-hydrogen) atoms. The minimum Gasteiger partial charge on any atom is -0.493 e. The van der Waals surface area contributed by atoms with E-state index in [4.69, 9.17) is 9.47 Å². The number of ether oxygens (including phenoxy) is 2. The van der Waals surface area contributed by atoms with Crippen LogP contribution in [0.2, 0.25) is 0 Å². The Morgan fingerprint density at radius 2 is 2.05 bits per heavy atom. The lowest BCUT2D eigenvalue weighted by molar-refractivity contribution is -0.384. The minimum absolute atomic E-state index is 0.0759. The zero-order valence-electron chi connectivity index (χ0n) is 9.74. The van der Waals surface area contributed by atoms with Crippen molar-refractivity contribution in [3.05, 3.63) is 45.3 Å². The lowest BCUT2D eigenvalue weighted by Crippen LogP contribution is -1.95. The average Bonchev–Trinajstić information content (AvgIpc) is 2.39. The van der Waals surface area contributed by atoms with E-state index in [0.29, 0.717) is 16.2 Å². The third-order valence-electron chi connectivity index (χ3n) is 2.18. The molecule has 8 heteroatoms. The van der Waals surface area contributed by atoms with Crippen molar-refractivity contribution in [3.63, 3.8) is 0 Å². The molecule has 0 atom stereocenters. The van der Waals surface area contributed by atoms with Gasteiger partial charge in [-0.05, 0) is 22.0 Å². The van der Waals surface area contributed by atoms with Gasteiger partial charge in [-0.25, -0.2) is 9.97 Å². The van der Waals surface area contributed by atoms with Crippen LogP contribution in [0.3, 0.4) is 0 Å². The molecular formula is C11H8BrN3O4. The summed E-state index contributed by atoms with van der Waals surface area (Å²) in [5.74, 6) is 0.886. The first kappa shape index (κ1) is 13.2. The van der Waals surface area contributed by atoms with Crippen LogP contribution in [0.1, 0.15) is 0 Å². The monoisotopic (exact) mass is 325 g/mol. The lowest BCUT2D eigenvalue weighted by Gasteiger charge is -2.09. The van der Waals surface area contributed by atoms with Crippen molar-refractivity contribution in [2.24, 2.45) is 0 Å². The van der Waals surface area contributed by atoms with Gasteiger partial charge >= 0.3 is 0 Å². The first-order valence-corrected chi connectivity index (χ1v) is 5.87. The Morgan fingerprint density at radius 3 is 2.68 bits per heavy atom. The highest BCUT2D eigenvalue weighted by atomic mass is 79.9. The predicted molar refractivity (Wildman–Crippen MR) is 69.5 cm³/mol. The lowest BCUT2D eigenvalue weighted by atomic mass is 10.3. The van der Waals surface area contributed by atoms with E-state index in [0.717, 1.165) is 0 Å². The highest BCUT2D eigenvalue weighted by Gasteiger charge is 2.13. The molecule has 98 valence electrons. The molecule has 1 aromatic carbocycles. The molecule has 0 aliphatic carbocycles. The van der Waals surface area contributed by atoms with Crippen molar-refractivity contribution in [1.29, 1.82) is 0 Å². The maximum Gasteiger partial charge on any atom is 0.273 e. The highest BCUT2D eigenvalue weighted by Crippen LogP contribution is 2.34. The average molecular weight is 326 g/mol. The van der Waals surface area contributed by atoms with Crippen molar-refractivity contribution >= 4 is 21.6 Å². The van der Waals surface area contributed by atoms with E-state index in [2.05, 4.69) is 25.9 Å². The van der Waals surface area contributed by atoms with Crippen LogP contribution in [0, 0.1) is 10.1 Å². The molecule has 1 aromatic heterocycles. The van der Waals surface area contributed by atoms with Crippen LogP contribution in [0.5, 0.6) is 17.4 Å². The summed E-state index contributed by atoms with van der Waals surface area (Å²) in [7, 11) is 1.40. The van der Waals surface area contributed by atoms with Crippen molar-refractivity contribution in [2.45, 2.75) is 0 Å². The fourth-order valence-corrected chi connectivity index (χ4v) is 1.63. The molecule has 2 aromatic rings. The van der Waals surface area contributed by atoms with Gasteiger partial charge in [0.25, 0.3) is 5.69 Å². The molecule has 0 spiro atoms. The van der Waals surface area contributed by atoms with Crippen LogP contribution < -0.4 is 9.47 Å². The van der Waals surface area contributed by atoms with Gasteiger partial charge in [-0.1, -0.05) is 0 Å². The number of non-ortho nitro benzene ring substituents is 1. The van der Waals surface area contributed by atoms with Crippen LogP contribution >= 0.6 is 15.9 Å². The van der Waals surface area contributed by atoms with Crippen LogP contribution in [-0.2, 0) is 0 Å². The predicted octanol–water partition coefficient (Wildman–Crippen LogP) is 2.95. The number of methoxy groups -OCH3 is 1. The van der Waals surface area contributed by atoms with Gasteiger partial charge < -0.3 is 9.47 Å². The summed E-state index contributed by atoms with van der Waals surface area (Å²) < 4.78 is 11.1. The van der Waals surface area contributed by atoms with Crippen LogP contribution in [0.25, 0.3) is 0 Å². The SMILES string of the molecule is COc1cc([N+](=O)[O-])ccc1Oc1cc(Br)ncn1. The number of nitrogens with zero attached hydrogens (tertiary/aromatic N) is 3. The van der Waals surface area contributed by atoms with Gasteiger partial charge in [0.05, 0.1) is 18.1 Å². The second kappa shape index (κ2) is 5.61. The summed E-state index contributed by atoms with van der Waals surface area (Å²) in [4.78, 5) is 17.9. The molecule has 0 amide bonds. The largest absolute Gasteiger partial charge is 0.493 e. The molecule has 0 fully saturated rings. The van der Waals surface area contributed by atoms with Crippen molar-refractivity contribution in [1.82, 2.24) is 9.97 Å². The third kappa shape index (κ3) is 3.16. The highest BCUT2D eigenvalue weighted by molar-refractivity contribution is 9.10. The van der Waals surface area contributed by atoms with Crippen LogP contribution in [0.15, 0.2) is 35.2 Å². The molecule has 0 N–H and O–H groups in total. The molecule has 0 radical (unpaired) electrons. The molecule has 0 unspecified atom stereocenters. The Kier molecular flexibility index (Phi) is 3.91. The normalized spacial score (nSPS) is 10.0. The summed E-state index contributed by atoms with van der Waals surface area (Å²) in [6, 6.07) is 5.63. The summed E-state index contributed by atoms with van der Waals surface area (Å²) >= 11 is 3.19. The Bertz CT molecular complexity index is 621. The summed E-state index contributed by atoms with van der Waals surface area (Å²) in [5.41, 5.74) is -0.0759. The Labute approximate surface area is 116 Å². The molecule has 0 aliphatic rings. The quantitative estimate of drug-likeness (QED) is 0.488. The maximum atomic E-state index is 10.7. The van der Waals surface area contributed by atoms with Gasteiger partial charge in [0, 0.05) is 12.1 Å². The van der Waals surface area contributed by atoms with Gasteiger partial charge in [-0.15, -0.1) is 0 Å². The molecule has 0 saturated carbocycles. The van der Waals surface area contributed by atoms with Gasteiger partial charge in [0.15, 0.2) is 11.5 Å². The van der Waals surface area contributed by atoms with E-state index in [1.165, 1.54) is 31.6 Å². The van der Waals surface area contributed by atoms with E-state index in [1.54, 1.807) is 6.07 Å². The van der Waals surface area contributed by atoms with E-state index in [1.807, 2.05) is 0 Å². The zero-order valence-corrected chi connectivity index (χ0v) is 11.3. The number of aromatic nitrogens is 2. The third-order valence-corrected chi connectivity index (χ3v) is 2.61. The van der Waals surface area contributed by atoms with Gasteiger partial charge in [-0.2, -0.15) is 0 Å². The summed E-state index contributed by atoms with van der Waals surface area (Å²) in [6.45, 7) is 0. The number of rotatable bonds is 4. The maximum absolute atomic E-state index is 10.7. The molecule has 0 saturated heterocycles. The fourth-order valence-electron chi connectivity index (χ4n) is 1.34. The molecule has 0 aliphatic heterocycles. The van der Waals surface area contributed by atoms with Crippen LogP contribution in [0.4, 0.5) is 5.69 Å². The summed E-state index contributed by atoms with van der Waals surface area (Å²) in [5, 5.41) is 10.7. The van der Waals surface area contributed by atoms with E-state index >= 15 is 0 Å². The Morgan fingerprint density at radius 1 is 1.26 bits per heavy atom. The fraction of sp³-hybridized carbons (Fsp3) is 0.0909. The first-order chi connectivity index (χ1) is 9.10. The van der Waals surface area contributed by atoms with Crippen molar-refractivity contribution in [2.75, 3.05) is 7.11 Å². The van der Waals surface area contributed by atoms with E-state index in [9.17, 15) is 10.1 Å². The number of nitro groups is 1. The molecule has 0 bridgehead atoms. The minimum atomic E-state index is -0.506. The number of hydrogen-bond acceptors (Lipinski definition) is 6. The van der Waals surface area contributed by atoms with Gasteiger partial charge in [-0.3, -0.25) is 10.1 Å². The number of nitro benzene ring substituents is 1. The molecule has 1 heterocycles. The van der Waals surface area contributed by atoms with Gasteiger partial charge in [0.1, 0.15) is 10.9 Å². The first-order valence-electron chi connectivity index (χ1n) is 5.08. The van der Waals surface area contributed by atoms with Crippen molar-refractivity contribution in [3.8, 4) is 17.4 Å². The molecule has 7 nitrogen and oxygen atoms in total. The van der Waals surface area contributed by atoms with Crippen LogP contribution in [-0.4, -0.2) is 22.0 Å². The second-order valence-corrected chi connectivity index (χ2v) is 4.19. The number of benzene rings is 1. The number of halogens is 1. The van der Waals surface area contributed by atoms with Crippen molar-refractivity contribution < 1.29 is 14.4 Å². The Balaban J connectivity index is 2.32. The van der Waals surface area contributed by atoms with Gasteiger partial charge in [0.2, 0.25) is 5.88 Å². The zero-order chi connectivity index (χ0) is 13.8. The smallest absolute Gasteiger partial charge is 0.273 e. The second-order valence-electron chi connectivity index (χ2n) is 3.37. The summed E-state index contributed by atoms with van der Waals surface area (Å²) in [6.07, 6.45) is 1.33. The molecule has 2 rings (SSSR count). The topological polar surface area (TPSA) is 87.4 Å².